The molecule has 2 aliphatic rings. The first kappa shape index (κ1) is 17.3. The molecule has 0 aliphatic carbocycles. The van der Waals surface area contributed by atoms with Crippen molar-refractivity contribution in [2.75, 3.05) is 26.7 Å². The number of halogens is 1. The van der Waals surface area contributed by atoms with Crippen molar-refractivity contribution in [2.24, 2.45) is 5.92 Å². The fourth-order valence-electron chi connectivity index (χ4n) is 3.62. The van der Waals surface area contributed by atoms with Crippen LogP contribution in [0.1, 0.15) is 30.9 Å². The summed E-state index contributed by atoms with van der Waals surface area (Å²) in [5.41, 5.74) is 1.30. The first-order valence-corrected chi connectivity index (χ1v) is 8.02. The van der Waals surface area contributed by atoms with Crippen molar-refractivity contribution in [1.29, 1.82) is 0 Å². The number of nitrogens with one attached hydrogen (secondary N) is 2. The summed E-state index contributed by atoms with van der Waals surface area (Å²) in [5, 5.41) is 6.64. The summed E-state index contributed by atoms with van der Waals surface area (Å²) in [6.45, 7) is 2.96. The van der Waals surface area contributed by atoms with Crippen molar-refractivity contribution < 1.29 is 4.79 Å². The third-order valence-electron chi connectivity index (χ3n) is 4.83. The zero-order chi connectivity index (χ0) is 14.7. The van der Waals surface area contributed by atoms with Crippen molar-refractivity contribution in [3.8, 4) is 0 Å². The first-order chi connectivity index (χ1) is 10.3. The Morgan fingerprint density at radius 3 is 2.55 bits per heavy atom. The molecular formula is C17H26ClN3O. The Hall–Kier alpha value is -1.10. The number of likely N-dealkylation sites (N-methyl/N-ethyl adjacent to an activating group) is 1. The van der Waals surface area contributed by atoms with Gasteiger partial charge in [-0.1, -0.05) is 30.3 Å². The third-order valence-corrected chi connectivity index (χ3v) is 4.83. The van der Waals surface area contributed by atoms with Gasteiger partial charge in [-0.2, -0.15) is 0 Å². The summed E-state index contributed by atoms with van der Waals surface area (Å²) >= 11 is 0. The van der Waals surface area contributed by atoms with Crippen LogP contribution in [0.5, 0.6) is 0 Å². The molecule has 1 aromatic carbocycles. The average Bonchev–Trinajstić information content (AvgIpc) is 2.89. The number of nitrogens with zero attached hydrogens (tertiary/aromatic N) is 1. The Morgan fingerprint density at radius 2 is 1.86 bits per heavy atom. The number of benzene rings is 1. The van der Waals surface area contributed by atoms with Gasteiger partial charge in [0.05, 0.1) is 6.04 Å². The summed E-state index contributed by atoms with van der Waals surface area (Å²) in [6.07, 6.45) is 2.96. The standard InChI is InChI=1S/C17H25N3O.ClH/c1-20-12-9-15(16(20)13-5-3-2-4-6-13)19-17(21)14-7-10-18-11-8-14;/h2-6,14-16,18H,7-12H2,1H3,(H,19,21);1H. The lowest BCUT2D eigenvalue weighted by atomic mass is 9.95. The lowest BCUT2D eigenvalue weighted by Crippen LogP contribution is -2.44. The number of piperidine rings is 1. The summed E-state index contributed by atoms with van der Waals surface area (Å²) in [4.78, 5) is 14.8. The predicted octanol–water partition coefficient (Wildman–Crippen LogP) is 1.97. The highest BCUT2D eigenvalue weighted by Crippen LogP contribution is 2.31. The molecule has 2 aliphatic heterocycles. The molecule has 2 N–H and O–H groups in total. The Labute approximate surface area is 139 Å². The van der Waals surface area contributed by atoms with Gasteiger partial charge >= 0.3 is 0 Å². The highest BCUT2D eigenvalue weighted by atomic mass is 35.5. The molecule has 22 heavy (non-hydrogen) atoms. The molecule has 0 spiro atoms. The van der Waals surface area contributed by atoms with E-state index in [-0.39, 0.29) is 30.3 Å². The van der Waals surface area contributed by atoms with Crippen LogP contribution >= 0.6 is 12.4 Å². The lowest BCUT2D eigenvalue weighted by Gasteiger charge is -2.29. The predicted molar refractivity (Wildman–Crippen MR) is 91.2 cm³/mol. The number of hydrogen-bond donors (Lipinski definition) is 2. The molecule has 2 atom stereocenters. The van der Waals surface area contributed by atoms with Gasteiger partial charge in [0.25, 0.3) is 0 Å². The fourth-order valence-corrected chi connectivity index (χ4v) is 3.62. The van der Waals surface area contributed by atoms with Crippen LogP contribution in [0.4, 0.5) is 0 Å². The Balaban J connectivity index is 0.00000176. The zero-order valence-corrected chi connectivity index (χ0v) is 13.9. The molecule has 0 bridgehead atoms. The van der Waals surface area contributed by atoms with Gasteiger partial charge in [-0.15, -0.1) is 12.4 Å². The maximum Gasteiger partial charge on any atom is 0.223 e. The summed E-state index contributed by atoms with van der Waals surface area (Å²) < 4.78 is 0. The van der Waals surface area contributed by atoms with Crippen LogP contribution in [0.2, 0.25) is 0 Å². The highest BCUT2D eigenvalue weighted by molar-refractivity contribution is 5.85. The van der Waals surface area contributed by atoms with E-state index in [0.29, 0.717) is 6.04 Å². The fraction of sp³-hybridized carbons (Fsp3) is 0.588. The molecule has 0 saturated carbocycles. The second-order valence-corrected chi connectivity index (χ2v) is 6.26. The topological polar surface area (TPSA) is 44.4 Å². The van der Waals surface area contributed by atoms with Crippen LogP contribution in [0, 0.1) is 5.92 Å². The second kappa shape index (κ2) is 7.95. The number of likely N-dealkylation sites (tertiary alicyclic amines) is 1. The Morgan fingerprint density at radius 1 is 1.18 bits per heavy atom. The van der Waals surface area contributed by atoms with Gasteiger partial charge in [0.1, 0.15) is 0 Å². The van der Waals surface area contributed by atoms with Gasteiger partial charge < -0.3 is 10.6 Å². The van der Waals surface area contributed by atoms with Crippen LogP contribution in [0.25, 0.3) is 0 Å². The lowest BCUT2D eigenvalue weighted by molar-refractivity contribution is -0.126. The van der Waals surface area contributed by atoms with Crippen molar-refractivity contribution >= 4 is 18.3 Å². The van der Waals surface area contributed by atoms with E-state index in [0.717, 1.165) is 38.9 Å². The van der Waals surface area contributed by atoms with Gasteiger partial charge in [-0.05, 0) is 45.0 Å². The number of amides is 1. The molecule has 0 radical (unpaired) electrons. The quantitative estimate of drug-likeness (QED) is 0.894. The number of carbonyl (C=O) groups is 1. The van der Waals surface area contributed by atoms with Gasteiger partial charge in [-0.25, -0.2) is 0 Å². The molecule has 5 heteroatoms. The average molecular weight is 324 g/mol. The normalized spacial score (nSPS) is 26.4. The minimum Gasteiger partial charge on any atom is -0.351 e. The van der Waals surface area contributed by atoms with Gasteiger partial charge in [0, 0.05) is 18.5 Å². The van der Waals surface area contributed by atoms with Crippen LogP contribution in [0.3, 0.4) is 0 Å². The first-order valence-electron chi connectivity index (χ1n) is 8.02. The van der Waals surface area contributed by atoms with E-state index in [1.54, 1.807) is 0 Å². The zero-order valence-electron chi connectivity index (χ0n) is 13.1. The van der Waals surface area contributed by atoms with E-state index in [1.165, 1.54) is 5.56 Å². The van der Waals surface area contributed by atoms with Crippen LogP contribution in [0.15, 0.2) is 30.3 Å². The molecule has 1 amide bonds. The molecule has 4 nitrogen and oxygen atoms in total. The monoisotopic (exact) mass is 323 g/mol. The van der Waals surface area contributed by atoms with E-state index in [9.17, 15) is 4.79 Å². The minimum atomic E-state index is 0. The Bertz CT molecular complexity index is 476. The second-order valence-electron chi connectivity index (χ2n) is 6.26. The molecule has 122 valence electrons. The summed E-state index contributed by atoms with van der Waals surface area (Å²) in [6, 6.07) is 11.1. The maximum atomic E-state index is 12.5. The number of rotatable bonds is 3. The molecule has 2 heterocycles. The van der Waals surface area contributed by atoms with Crippen LogP contribution in [-0.4, -0.2) is 43.5 Å². The van der Waals surface area contributed by atoms with E-state index in [2.05, 4.69) is 46.8 Å². The molecule has 0 aromatic heterocycles. The molecular weight excluding hydrogens is 298 g/mol. The molecule has 2 unspecified atom stereocenters. The SMILES string of the molecule is CN1CCC(NC(=O)C2CCNCC2)C1c1ccccc1.Cl. The Kier molecular flexibility index (Phi) is 6.24. The van der Waals surface area contributed by atoms with E-state index in [4.69, 9.17) is 0 Å². The smallest absolute Gasteiger partial charge is 0.223 e. The molecule has 2 saturated heterocycles. The van der Waals surface area contributed by atoms with Crippen molar-refractivity contribution in [3.05, 3.63) is 35.9 Å². The third kappa shape index (κ3) is 3.80. The molecule has 3 rings (SSSR count). The van der Waals surface area contributed by atoms with Crippen molar-refractivity contribution in [3.63, 3.8) is 0 Å². The van der Waals surface area contributed by atoms with E-state index in [1.807, 2.05) is 6.07 Å². The van der Waals surface area contributed by atoms with Crippen LogP contribution in [-0.2, 0) is 4.79 Å². The van der Waals surface area contributed by atoms with Gasteiger partial charge in [0.15, 0.2) is 0 Å². The largest absolute Gasteiger partial charge is 0.351 e. The minimum absolute atomic E-state index is 0. The van der Waals surface area contributed by atoms with Gasteiger partial charge in [-0.3, -0.25) is 9.69 Å². The molecule has 1 aromatic rings. The molecule has 2 fully saturated rings. The van der Waals surface area contributed by atoms with Gasteiger partial charge in [0.2, 0.25) is 5.91 Å². The van der Waals surface area contributed by atoms with Crippen molar-refractivity contribution in [2.45, 2.75) is 31.3 Å². The van der Waals surface area contributed by atoms with E-state index >= 15 is 0 Å². The summed E-state index contributed by atoms with van der Waals surface area (Å²) in [5.74, 6) is 0.436. The maximum absolute atomic E-state index is 12.5. The van der Waals surface area contributed by atoms with E-state index < -0.39 is 0 Å². The van der Waals surface area contributed by atoms with Crippen LogP contribution < -0.4 is 10.6 Å². The number of carbonyl (C=O) groups excluding carboxylic acids is 1. The van der Waals surface area contributed by atoms with Crippen molar-refractivity contribution in [1.82, 2.24) is 15.5 Å². The highest BCUT2D eigenvalue weighted by Gasteiger charge is 2.35. The summed E-state index contributed by atoms with van der Waals surface area (Å²) in [7, 11) is 2.15. The number of hydrogen-bond acceptors (Lipinski definition) is 3.